The van der Waals surface area contributed by atoms with E-state index in [1.165, 1.54) is 24.3 Å². The summed E-state index contributed by atoms with van der Waals surface area (Å²) in [4.78, 5) is 28.4. The van der Waals surface area contributed by atoms with Gasteiger partial charge in [-0.1, -0.05) is 35.9 Å². The van der Waals surface area contributed by atoms with E-state index >= 15 is 0 Å². The van der Waals surface area contributed by atoms with Crippen molar-refractivity contribution in [2.45, 2.75) is 13.3 Å². The van der Waals surface area contributed by atoms with Gasteiger partial charge in [0, 0.05) is 11.8 Å². The Hall–Kier alpha value is -3.99. The molecule has 1 heterocycles. The van der Waals surface area contributed by atoms with E-state index in [2.05, 4.69) is 4.98 Å². The second-order valence-electron chi connectivity index (χ2n) is 6.68. The van der Waals surface area contributed by atoms with E-state index < -0.39 is 0 Å². The number of carbonyl (C=O) groups is 2. The average Bonchev–Trinajstić information content (AvgIpc) is 2.74. The van der Waals surface area contributed by atoms with Crippen molar-refractivity contribution in [2.24, 2.45) is 0 Å². The molecule has 0 fully saturated rings. The summed E-state index contributed by atoms with van der Waals surface area (Å²) in [5.74, 6) is 0.555. The van der Waals surface area contributed by atoms with Gasteiger partial charge in [0.25, 0.3) is 0 Å². The van der Waals surface area contributed by atoms with Crippen LogP contribution < -0.4 is 4.74 Å². The number of carbonyl (C=O) groups excluding carboxylic acids is 2. The molecule has 0 saturated heterocycles. The number of rotatable bonds is 8. The lowest BCUT2D eigenvalue weighted by atomic mass is 10.1. The number of phenols is 1. The molecule has 3 aromatic rings. The quantitative estimate of drug-likeness (QED) is 0.419. The molecule has 0 aliphatic heterocycles. The Labute approximate surface area is 175 Å². The van der Waals surface area contributed by atoms with E-state index in [0.29, 0.717) is 17.2 Å². The summed E-state index contributed by atoms with van der Waals surface area (Å²) >= 11 is 0. The first-order valence-corrected chi connectivity index (χ1v) is 9.40. The van der Waals surface area contributed by atoms with E-state index in [9.17, 15) is 14.7 Å². The Morgan fingerprint density at radius 1 is 0.933 bits per heavy atom. The second kappa shape index (κ2) is 9.98. The van der Waals surface area contributed by atoms with Crippen LogP contribution in [0.3, 0.4) is 0 Å². The highest BCUT2D eigenvalue weighted by molar-refractivity contribution is 6.10. The van der Waals surface area contributed by atoms with Gasteiger partial charge in [-0.05, 0) is 67.1 Å². The van der Waals surface area contributed by atoms with Gasteiger partial charge in [-0.2, -0.15) is 0 Å². The van der Waals surface area contributed by atoms with Crippen LogP contribution in [0.15, 0.2) is 79.0 Å². The first-order valence-electron chi connectivity index (χ1n) is 9.40. The fraction of sp³-hybridized carbons (Fsp3) is 0.0800. The maximum Gasteiger partial charge on any atom is 0.226 e. The Morgan fingerprint density at radius 3 is 2.30 bits per heavy atom. The number of phenolic OH excluding ortho intramolecular Hbond substituents is 1. The molecule has 0 atom stereocenters. The summed E-state index contributed by atoms with van der Waals surface area (Å²) in [5.41, 5.74) is 2.52. The maximum atomic E-state index is 12.2. The Balaban J connectivity index is 1.61. The molecule has 1 aromatic heterocycles. The van der Waals surface area contributed by atoms with Crippen molar-refractivity contribution in [1.29, 1.82) is 0 Å². The maximum absolute atomic E-state index is 12.2. The molecular formula is C25H21NO4. The summed E-state index contributed by atoms with van der Waals surface area (Å²) < 4.78 is 5.80. The average molecular weight is 399 g/mol. The molecule has 0 spiro atoms. The molecule has 2 aromatic carbocycles. The van der Waals surface area contributed by atoms with Crippen LogP contribution >= 0.6 is 0 Å². The van der Waals surface area contributed by atoms with Crippen LogP contribution in [0, 0.1) is 6.92 Å². The molecule has 0 unspecified atom stereocenters. The van der Waals surface area contributed by atoms with Crippen molar-refractivity contribution < 1.29 is 19.4 Å². The van der Waals surface area contributed by atoms with E-state index in [-0.39, 0.29) is 23.7 Å². The lowest BCUT2D eigenvalue weighted by molar-refractivity contribution is -0.121. The molecule has 0 aliphatic carbocycles. The molecule has 150 valence electrons. The van der Waals surface area contributed by atoms with Crippen molar-refractivity contribution in [3.05, 3.63) is 95.7 Å². The Bertz CT molecular complexity index is 1080. The van der Waals surface area contributed by atoms with Gasteiger partial charge >= 0.3 is 0 Å². The zero-order valence-corrected chi connectivity index (χ0v) is 16.5. The van der Waals surface area contributed by atoms with Crippen LogP contribution in [0.4, 0.5) is 0 Å². The predicted octanol–water partition coefficient (Wildman–Crippen LogP) is 5.14. The predicted molar refractivity (Wildman–Crippen MR) is 116 cm³/mol. The van der Waals surface area contributed by atoms with Crippen LogP contribution in [0.1, 0.15) is 23.1 Å². The number of aromatic nitrogens is 1. The molecule has 5 nitrogen and oxygen atoms in total. The summed E-state index contributed by atoms with van der Waals surface area (Å²) in [6.45, 7) is 1.99. The number of allylic oxidation sites excluding steroid dienone is 2. The normalized spacial score (nSPS) is 11.1. The van der Waals surface area contributed by atoms with Crippen LogP contribution in [-0.4, -0.2) is 21.7 Å². The van der Waals surface area contributed by atoms with Crippen LogP contribution in [0.2, 0.25) is 0 Å². The monoisotopic (exact) mass is 399 g/mol. The third kappa shape index (κ3) is 6.27. The first kappa shape index (κ1) is 20.7. The number of nitrogens with zero attached hydrogens (tertiary/aromatic N) is 1. The molecule has 0 amide bonds. The van der Waals surface area contributed by atoms with E-state index in [4.69, 9.17) is 4.74 Å². The number of aromatic hydroxyl groups is 1. The molecular weight excluding hydrogens is 378 g/mol. The van der Waals surface area contributed by atoms with Crippen molar-refractivity contribution in [3.63, 3.8) is 0 Å². The highest BCUT2D eigenvalue weighted by Gasteiger charge is 2.07. The number of aryl methyl sites for hydroxylation is 1. The van der Waals surface area contributed by atoms with Gasteiger partial charge < -0.3 is 9.84 Å². The first-order chi connectivity index (χ1) is 14.5. The zero-order chi connectivity index (χ0) is 21.3. The molecule has 3 rings (SSSR count). The zero-order valence-electron chi connectivity index (χ0n) is 16.5. The van der Waals surface area contributed by atoms with E-state index in [1.54, 1.807) is 42.6 Å². The third-order valence-electron chi connectivity index (χ3n) is 4.19. The van der Waals surface area contributed by atoms with Gasteiger partial charge in [-0.3, -0.25) is 9.59 Å². The summed E-state index contributed by atoms with van der Waals surface area (Å²) in [7, 11) is 0. The fourth-order valence-electron chi connectivity index (χ4n) is 2.58. The number of pyridine rings is 1. The van der Waals surface area contributed by atoms with Gasteiger partial charge in [-0.25, -0.2) is 4.98 Å². The smallest absolute Gasteiger partial charge is 0.226 e. The number of hydrogen-bond donors (Lipinski definition) is 1. The van der Waals surface area contributed by atoms with Crippen molar-refractivity contribution in [1.82, 2.24) is 4.98 Å². The standard InChI is InChI=1S/C25H21NO4/c1-18-4-14-24(15-5-18)30-25-20(3-2-16-26-25)9-13-23(29)17-22(28)12-8-19-6-10-21(27)11-7-19/h2-16,27H,17H2,1H3. The Morgan fingerprint density at radius 2 is 1.60 bits per heavy atom. The fourth-order valence-corrected chi connectivity index (χ4v) is 2.58. The number of benzene rings is 2. The van der Waals surface area contributed by atoms with Crippen molar-refractivity contribution in [3.8, 4) is 17.4 Å². The molecule has 1 N–H and O–H groups in total. The number of ketones is 2. The number of hydrogen-bond acceptors (Lipinski definition) is 5. The molecule has 0 radical (unpaired) electrons. The van der Waals surface area contributed by atoms with Gasteiger partial charge in [0.15, 0.2) is 11.6 Å². The summed E-state index contributed by atoms with van der Waals surface area (Å²) in [5, 5.41) is 9.26. The SMILES string of the molecule is Cc1ccc(Oc2ncccc2C=CC(=O)CC(=O)C=Cc2ccc(O)cc2)cc1. The lowest BCUT2D eigenvalue weighted by Gasteiger charge is -2.07. The van der Waals surface area contributed by atoms with Crippen LogP contribution in [0.25, 0.3) is 12.2 Å². The molecule has 0 bridgehead atoms. The van der Waals surface area contributed by atoms with E-state index in [1.807, 2.05) is 31.2 Å². The largest absolute Gasteiger partial charge is 0.508 e. The lowest BCUT2D eigenvalue weighted by Crippen LogP contribution is -2.02. The highest BCUT2D eigenvalue weighted by atomic mass is 16.5. The van der Waals surface area contributed by atoms with Crippen molar-refractivity contribution in [2.75, 3.05) is 0 Å². The topological polar surface area (TPSA) is 76.5 Å². The molecule has 5 heteroatoms. The van der Waals surface area contributed by atoms with E-state index in [0.717, 1.165) is 11.1 Å². The number of ether oxygens (including phenoxy) is 1. The summed E-state index contributed by atoms with van der Waals surface area (Å²) in [6, 6.07) is 17.5. The van der Waals surface area contributed by atoms with Crippen LogP contribution in [0.5, 0.6) is 17.4 Å². The van der Waals surface area contributed by atoms with Gasteiger partial charge in [0.1, 0.15) is 11.5 Å². The van der Waals surface area contributed by atoms with Gasteiger partial charge in [-0.15, -0.1) is 0 Å². The van der Waals surface area contributed by atoms with Gasteiger partial charge in [0.2, 0.25) is 5.88 Å². The van der Waals surface area contributed by atoms with Gasteiger partial charge in [0.05, 0.1) is 6.42 Å². The minimum atomic E-state index is -0.319. The third-order valence-corrected chi connectivity index (χ3v) is 4.19. The highest BCUT2D eigenvalue weighted by Crippen LogP contribution is 2.24. The molecule has 30 heavy (non-hydrogen) atoms. The minimum absolute atomic E-state index is 0.153. The molecule has 0 aliphatic rings. The van der Waals surface area contributed by atoms with Crippen molar-refractivity contribution >= 4 is 23.7 Å². The Kier molecular flexibility index (Phi) is 6.90. The minimum Gasteiger partial charge on any atom is -0.508 e. The summed E-state index contributed by atoms with van der Waals surface area (Å²) in [6.07, 6.45) is 7.28. The molecule has 0 saturated carbocycles. The van der Waals surface area contributed by atoms with Crippen LogP contribution in [-0.2, 0) is 9.59 Å². The second-order valence-corrected chi connectivity index (χ2v) is 6.68.